The van der Waals surface area contributed by atoms with Gasteiger partial charge in [0.2, 0.25) is 0 Å². The van der Waals surface area contributed by atoms with Crippen LogP contribution in [0.4, 0.5) is 5.69 Å². The van der Waals surface area contributed by atoms with E-state index in [4.69, 9.17) is 11.6 Å². The number of anilines is 1. The second kappa shape index (κ2) is 11.4. The molecule has 210 valence electrons. The Hall–Kier alpha value is -4.46. The highest BCUT2D eigenvalue weighted by Gasteiger charge is 2.26. The molecule has 8 heteroatoms. The van der Waals surface area contributed by atoms with Crippen LogP contribution in [0.5, 0.6) is 0 Å². The lowest BCUT2D eigenvalue weighted by Gasteiger charge is -2.26. The Kier molecular flexibility index (Phi) is 7.54. The predicted molar refractivity (Wildman–Crippen MR) is 169 cm³/mol. The molecular formula is C34H28ClN3O3S. The number of nitrogens with one attached hydrogen (secondary N) is 1. The maximum atomic E-state index is 13.7. The zero-order chi connectivity index (χ0) is 29.3. The number of sulfonamides is 1. The number of amides is 1. The second-order valence-electron chi connectivity index (χ2n) is 10.3. The molecule has 0 saturated heterocycles. The van der Waals surface area contributed by atoms with E-state index in [1.807, 2.05) is 13.0 Å². The molecule has 1 N–H and O–H groups in total. The molecule has 0 spiro atoms. The van der Waals surface area contributed by atoms with E-state index in [1.54, 1.807) is 79.0 Å². The van der Waals surface area contributed by atoms with Crippen LogP contribution >= 0.6 is 11.6 Å². The van der Waals surface area contributed by atoms with E-state index in [2.05, 4.69) is 34.8 Å². The topological polar surface area (TPSA) is 78.8 Å². The number of carbonyl (C=O) groups excluding carboxylic acids is 1. The van der Waals surface area contributed by atoms with Crippen LogP contribution in [0, 0.1) is 6.92 Å². The molecular weight excluding hydrogens is 566 g/mol. The summed E-state index contributed by atoms with van der Waals surface area (Å²) in [6, 6.07) is 30.8. The first-order chi connectivity index (χ1) is 20.3. The fraction of sp³-hybridized carbons (Fsp3) is 0.118. The van der Waals surface area contributed by atoms with E-state index in [1.165, 1.54) is 20.8 Å². The SMILES string of the molecule is Cc1ccc(Cl)cc1N(Cc1ccc(C(=O)N/N=C\c2ccc3c4c(cccc24)CC3)cc1)S(=O)(=O)c1ccccc1. The number of hydrazone groups is 1. The molecule has 0 fully saturated rings. The molecule has 6 rings (SSSR count). The van der Waals surface area contributed by atoms with Crippen molar-refractivity contribution in [1.29, 1.82) is 0 Å². The molecule has 0 atom stereocenters. The number of halogens is 1. The monoisotopic (exact) mass is 593 g/mol. The molecule has 0 aliphatic heterocycles. The van der Waals surface area contributed by atoms with Crippen molar-refractivity contribution in [1.82, 2.24) is 5.43 Å². The van der Waals surface area contributed by atoms with Gasteiger partial charge in [0.15, 0.2) is 0 Å². The molecule has 0 bridgehead atoms. The van der Waals surface area contributed by atoms with Crippen LogP contribution in [0.2, 0.25) is 5.02 Å². The summed E-state index contributed by atoms with van der Waals surface area (Å²) in [5.41, 5.74) is 8.64. The molecule has 0 saturated carbocycles. The van der Waals surface area contributed by atoms with Crippen LogP contribution in [0.1, 0.15) is 38.2 Å². The fourth-order valence-corrected chi connectivity index (χ4v) is 7.10. The zero-order valence-electron chi connectivity index (χ0n) is 22.9. The summed E-state index contributed by atoms with van der Waals surface area (Å²) in [4.78, 5) is 13.0. The molecule has 5 aromatic rings. The van der Waals surface area contributed by atoms with Gasteiger partial charge in [0.1, 0.15) is 0 Å². The van der Waals surface area contributed by atoms with Crippen molar-refractivity contribution in [2.75, 3.05) is 4.31 Å². The van der Waals surface area contributed by atoms with Crippen LogP contribution in [-0.4, -0.2) is 20.5 Å². The zero-order valence-corrected chi connectivity index (χ0v) is 24.5. The Morgan fingerprint density at radius 1 is 0.905 bits per heavy atom. The van der Waals surface area contributed by atoms with Gasteiger partial charge in [-0.25, -0.2) is 13.8 Å². The van der Waals surface area contributed by atoms with Crippen LogP contribution in [0.3, 0.4) is 0 Å². The molecule has 6 nitrogen and oxygen atoms in total. The molecule has 0 aromatic heterocycles. The standard InChI is InChI=1S/C34H28ClN3O3S/c1-23-10-19-29(35)20-32(23)38(42(40,41)30-7-3-2-4-8-30)22-24-11-13-27(14-12-24)34(39)37-36-21-28-18-17-26-16-15-25-6-5-9-31(28)33(25)26/h2-14,17-21H,15-16,22H2,1H3,(H,37,39)/b36-21-. The van der Waals surface area contributed by atoms with E-state index >= 15 is 0 Å². The molecule has 42 heavy (non-hydrogen) atoms. The first-order valence-corrected chi connectivity index (χ1v) is 15.4. The van der Waals surface area contributed by atoms with Gasteiger partial charge in [-0.3, -0.25) is 9.10 Å². The van der Waals surface area contributed by atoms with Crippen molar-refractivity contribution >= 4 is 50.2 Å². The van der Waals surface area contributed by atoms with Crippen LogP contribution in [0.15, 0.2) is 113 Å². The van der Waals surface area contributed by atoms with Crippen molar-refractivity contribution < 1.29 is 13.2 Å². The van der Waals surface area contributed by atoms with Crippen molar-refractivity contribution in [3.63, 3.8) is 0 Å². The van der Waals surface area contributed by atoms with Crippen molar-refractivity contribution in [3.8, 4) is 0 Å². The lowest BCUT2D eigenvalue weighted by molar-refractivity contribution is 0.0955. The minimum atomic E-state index is -3.90. The largest absolute Gasteiger partial charge is 0.271 e. The maximum Gasteiger partial charge on any atom is 0.271 e. The number of hydrogen-bond acceptors (Lipinski definition) is 4. The Bertz CT molecular complexity index is 1930. The van der Waals surface area contributed by atoms with E-state index in [9.17, 15) is 13.2 Å². The third-order valence-corrected chi connectivity index (χ3v) is 9.60. The van der Waals surface area contributed by atoms with Crippen LogP contribution < -0.4 is 9.73 Å². The predicted octanol–water partition coefficient (Wildman–Crippen LogP) is 7.06. The number of nitrogens with zero attached hydrogens (tertiary/aromatic N) is 2. The number of benzene rings is 5. The van der Waals surface area contributed by atoms with Crippen molar-refractivity contribution in [2.24, 2.45) is 5.10 Å². The van der Waals surface area contributed by atoms with Crippen LogP contribution in [0.25, 0.3) is 10.8 Å². The number of hydrogen-bond donors (Lipinski definition) is 1. The molecule has 1 aliphatic rings. The summed E-state index contributed by atoms with van der Waals surface area (Å²) in [6.07, 6.45) is 3.77. The molecule has 0 radical (unpaired) electrons. The average Bonchev–Trinajstić information content (AvgIpc) is 3.43. The summed E-state index contributed by atoms with van der Waals surface area (Å²) in [5, 5.41) is 7.08. The Morgan fingerprint density at radius 3 is 2.40 bits per heavy atom. The maximum absolute atomic E-state index is 13.7. The third-order valence-electron chi connectivity index (χ3n) is 7.59. The number of rotatable bonds is 8. The summed E-state index contributed by atoms with van der Waals surface area (Å²) in [6.45, 7) is 1.90. The first kappa shape index (κ1) is 27.7. The number of aryl methyl sites for hydroxylation is 3. The minimum absolute atomic E-state index is 0.0590. The second-order valence-corrected chi connectivity index (χ2v) is 12.6. The summed E-state index contributed by atoms with van der Waals surface area (Å²) in [7, 11) is -3.90. The lowest BCUT2D eigenvalue weighted by Crippen LogP contribution is -2.31. The highest BCUT2D eigenvalue weighted by Crippen LogP contribution is 2.33. The number of carbonyl (C=O) groups is 1. The van der Waals surface area contributed by atoms with Gasteiger partial charge in [-0.1, -0.05) is 78.3 Å². The Morgan fingerprint density at radius 2 is 1.64 bits per heavy atom. The van der Waals surface area contributed by atoms with E-state index < -0.39 is 10.0 Å². The van der Waals surface area contributed by atoms with Gasteiger partial charge in [0.25, 0.3) is 15.9 Å². The summed E-state index contributed by atoms with van der Waals surface area (Å²) < 4.78 is 28.8. The minimum Gasteiger partial charge on any atom is -0.267 e. The quantitative estimate of drug-likeness (QED) is 0.154. The lowest BCUT2D eigenvalue weighted by atomic mass is 10.0. The first-order valence-electron chi connectivity index (χ1n) is 13.6. The normalized spacial score (nSPS) is 12.6. The highest BCUT2D eigenvalue weighted by molar-refractivity contribution is 7.92. The van der Waals surface area contributed by atoms with Gasteiger partial charge in [0.05, 0.1) is 23.3 Å². The van der Waals surface area contributed by atoms with Gasteiger partial charge in [-0.2, -0.15) is 5.10 Å². The van der Waals surface area contributed by atoms with E-state index in [0.29, 0.717) is 21.8 Å². The summed E-state index contributed by atoms with van der Waals surface area (Å²) >= 11 is 6.26. The van der Waals surface area contributed by atoms with E-state index in [-0.39, 0.29) is 17.3 Å². The van der Waals surface area contributed by atoms with Gasteiger partial charge in [0, 0.05) is 16.1 Å². The van der Waals surface area contributed by atoms with Crippen LogP contribution in [-0.2, 0) is 29.4 Å². The van der Waals surface area contributed by atoms with Gasteiger partial charge in [-0.15, -0.1) is 0 Å². The smallest absolute Gasteiger partial charge is 0.267 e. The van der Waals surface area contributed by atoms with Gasteiger partial charge >= 0.3 is 0 Å². The van der Waals surface area contributed by atoms with Gasteiger partial charge in [-0.05, 0) is 89.2 Å². The molecule has 0 heterocycles. The average molecular weight is 594 g/mol. The molecule has 0 unspecified atom stereocenters. The fourth-order valence-electron chi connectivity index (χ4n) is 5.40. The van der Waals surface area contributed by atoms with Crippen molar-refractivity contribution in [2.45, 2.75) is 31.2 Å². The highest BCUT2D eigenvalue weighted by atomic mass is 35.5. The Balaban J connectivity index is 1.21. The third kappa shape index (κ3) is 5.41. The molecule has 1 aliphatic carbocycles. The van der Waals surface area contributed by atoms with Crippen molar-refractivity contribution in [3.05, 3.63) is 142 Å². The van der Waals surface area contributed by atoms with Gasteiger partial charge < -0.3 is 0 Å². The molecule has 5 aromatic carbocycles. The Labute approximate surface area is 250 Å². The molecule has 1 amide bonds. The van der Waals surface area contributed by atoms with E-state index in [0.717, 1.165) is 29.4 Å². The summed E-state index contributed by atoms with van der Waals surface area (Å²) in [5.74, 6) is -0.358.